The highest BCUT2D eigenvalue weighted by atomic mass is 16.2. The average Bonchev–Trinajstić information content (AvgIpc) is 2.81. The maximum Gasteiger partial charge on any atom is 0.267 e. The smallest absolute Gasteiger partial charge is 0.267 e. The molecule has 0 radical (unpaired) electrons. The third-order valence-electron chi connectivity index (χ3n) is 5.87. The molecule has 2 aromatic carbocycles. The van der Waals surface area contributed by atoms with Crippen LogP contribution < -0.4 is 5.56 Å². The van der Waals surface area contributed by atoms with Gasteiger partial charge >= 0.3 is 0 Å². The molecule has 154 valence electrons. The summed E-state index contributed by atoms with van der Waals surface area (Å²) in [5.74, 6) is 0.618. The maximum atomic E-state index is 12.8. The van der Waals surface area contributed by atoms with Crippen molar-refractivity contribution in [1.29, 1.82) is 0 Å². The number of carbonyl (C=O) groups excluding carboxylic acids is 1. The van der Waals surface area contributed by atoms with E-state index in [1.54, 1.807) is 6.07 Å². The first-order chi connectivity index (χ1) is 14.7. The Bertz CT molecular complexity index is 1020. The van der Waals surface area contributed by atoms with Crippen LogP contribution >= 0.6 is 0 Å². The van der Waals surface area contributed by atoms with Gasteiger partial charge in [-0.25, -0.2) is 4.68 Å². The molecule has 0 saturated carbocycles. The van der Waals surface area contributed by atoms with E-state index < -0.39 is 0 Å². The van der Waals surface area contributed by atoms with Crippen molar-refractivity contribution in [3.05, 3.63) is 88.7 Å². The maximum absolute atomic E-state index is 12.8. The second kappa shape index (κ2) is 9.53. The van der Waals surface area contributed by atoms with Crippen LogP contribution in [0.25, 0.3) is 11.3 Å². The van der Waals surface area contributed by atoms with Gasteiger partial charge in [0.2, 0.25) is 5.91 Å². The van der Waals surface area contributed by atoms with Gasteiger partial charge in [0.15, 0.2) is 0 Å². The molecule has 0 atom stereocenters. The van der Waals surface area contributed by atoms with Crippen LogP contribution in [-0.4, -0.2) is 33.7 Å². The second-order valence-electron chi connectivity index (χ2n) is 7.93. The van der Waals surface area contributed by atoms with Crippen LogP contribution in [0.15, 0.2) is 77.6 Å². The van der Waals surface area contributed by atoms with E-state index in [0.29, 0.717) is 11.6 Å². The number of likely N-dealkylation sites (tertiary alicyclic amines) is 1. The molecule has 3 aromatic rings. The van der Waals surface area contributed by atoms with E-state index in [2.05, 4.69) is 29.4 Å². The normalized spacial score (nSPS) is 14.6. The zero-order chi connectivity index (χ0) is 20.8. The number of piperidine rings is 1. The zero-order valence-corrected chi connectivity index (χ0v) is 17.1. The Hall–Kier alpha value is -3.21. The summed E-state index contributed by atoms with van der Waals surface area (Å²) in [6.07, 6.45) is 4.28. The van der Waals surface area contributed by atoms with Gasteiger partial charge in [-0.1, -0.05) is 60.7 Å². The first kappa shape index (κ1) is 20.1. The minimum absolute atomic E-state index is 0.00576. The Kier molecular flexibility index (Phi) is 6.38. The number of rotatable bonds is 6. The lowest BCUT2D eigenvalue weighted by atomic mass is 9.90. The molecule has 1 aromatic heterocycles. The van der Waals surface area contributed by atoms with Crippen molar-refractivity contribution in [1.82, 2.24) is 14.7 Å². The van der Waals surface area contributed by atoms with Crippen molar-refractivity contribution in [2.75, 3.05) is 13.1 Å². The first-order valence-corrected chi connectivity index (χ1v) is 10.6. The van der Waals surface area contributed by atoms with Crippen LogP contribution in [0.3, 0.4) is 0 Å². The molecule has 0 unspecified atom stereocenters. The number of amides is 1. The summed E-state index contributed by atoms with van der Waals surface area (Å²) in [7, 11) is 0. The van der Waals surface area contributed by atoms with E-state index in [1.807, 2.05) is 41.3 Å². The summed E-state index contributed by atoms with van der Waals surface area (Å²) in [6, 6.07) is 23.4. The van der Waals surface area contributed by atoms with Gasteiger partial charge in [0, 0.05) is 24.7 Å². The lowest BCUT2D eigenvalue weighted by Gasteiger charge is -2.32. The molecular weight excluding hydrogens is 374 g/mol. The summed E-state index contributed by atoms with van der Waals surface area (Å²) < 4.78 is 1.28. The standard InChI is InChI=1S/C25H27N3O2/c29-24-14-13-23(22-9-5-2-6-10-22)26-28(24)19-25(30)27-17-15-21(16-18-27)12-11-20-7-3-1-4-8-20/h1-10,13-14,21H,11-12,15-19H2. The van der Waals surface area contributed by atoms with E-state index in [4.69, 9.17) is 0 Å². The predicted octanol–water partition coefficient (Wildman–Crippen LogP) is 3.78. The summed E-state index contributed by atoms with van der Waals surface area (Å²) in [6.45, 7) is 1.50. The van der Waals surface area contributed by atoms with Crippen molar-refractivity contribution < 1.29 is 4.79 Å². The minimum atomic E-state index is -0.249. The summed E-state index contributed by atoms with van der Waals surface area (Å²) in [5.41, 5.74) is 2.75. The number of nitrogens with zero attached hydrogens (tertiary/aromatic N) is 3. The number of benzene rings is 2. The Labute approximate surface area is 177 Å². The highest BCUT2D eigenvalue weighted by Crippen LogP contribution is 2.22. The summed E-state index contributed by atoms with van der Waals surface area (Å²) in [4.78, 5) is 26.9. The van der Waals surface area contributed by atoms with E-state index in [-0.39, 0.29) is 18.0 Å². The lowest BCUT2D eigenvalue weighted by Crippen LogP contribution is -2.42. The van der Waals surface area contributed by atoms with Gasteiger partial charge in [0.05, 0.1) is 5.69 Å². The average molecular weight is 402 g/mol. The topological polar surface area (TPSA) is 55.2 Å². The molecule has 5 heteroatoms. The van der Waals surface area contributed by atoms with Gasteiger partial charge in [-0.15, -0.1) is 0 Å². The highest BCUT2D eigenvalue weighted by Gasteiger charge is 2.23. The molecule has 1 saturated heterocycles. The Morgan fingerprint density at radius 1 is 0.900 bits per heavy atom. The zero-order valence-electron chi connectivity index (χ0n) is 17.1. The Morgan fingerprint density at radius 3 is 2.27 bits per heavy atom. The van der Waals surface area contributed by atoms with Crippen LogP contribution in [-0.2, 0) is 17.8 Å². The van der Waals surface area contributed by atoms with Crippen molar-refractivity contribution in [2.24, 2.45) is 5.92 Å². The molecular formula is C25H27N3O2. The molecule has 0 aliphatic carbocycles. The van der Waals surface area contributed by atoms with Crippen molar-refractivity contribution in [3.8, 4) is 11.3 Å². The van der Waals surface area contributed by atoms with Crippen LogP contribution in [0.5, 0.6) is 0 Å². The van der Waals surface area contributed by atoms with Crippen LogP contribution in [0.4, 0.5) is 0 Å². The van der Waals surface area contributed by atoms with Crippen molar-refractivity contribution >= 4 is 5.91 Å². The third kappa shape index (κ3) is 5.03. The van der Waals surface area contributed by atoms with Gasteiger partial charge in [-0.05, 0) is 43.2 Å². The van der Waals surface area contributed by atoms with Crippen LogP contribution in [0.2, 0.25) is 0 Å². The van der Waals surface area contributed by atoms with Gasteiger partial charge in [0.1, 0.15) is 6.54 Å². The van der Waals surface area contributed by atoms with Crippen molar-refractivity contribution in [3.63, 3.8) is 0 Å². The van der Waals surface area contributed by atoms with Gasteiger partial charge in [-0.2, -0.15) is 5.10 Å². The summed E-state index contributed by atoms with van der Waals surface area (Å²) in [5, 5.41) is 4.41. The van der Waals surface area contributed by atoms with Gasteiger partial charge < -0.3 is 4.90 Å². The number of carbonyl (C=O) groups is 1. The molecule has 0 spiro atoms. The molecule has 1 amide bonds. The Balaban J connectivity index is 1.32. The SMILES string of the molecule is O=C(Cn1nc(-c2ccccc2)ccc1=O)N1CCC(CCc2ccccc2)CC1. The van der Waals surface area contributed by atoms with Crippen LogP contribution in [0.1, 0.15) is 24.8 Å². The number of hydrogen-bond acceptors (Lipinski definition) is 3. The van der Waals surface area contributed by atoms with E-state index >= 15 is 0 Å². The lowest BCUT2D eigenvalue weighted by molar-refractivity contribution is -0.133. The molecule has 2 heterocycles. The molecule has 5 nitrogen and oxygen atoms in total. The monoisotopic (exact) mass is 401 g/mol. The molecule has 1 aliphatic heterocycles. The highest BCUT2D eigenvalue weighted by molar-refractivity contribution is 5.76. The quantitative estimate of drug-likeness (QED) is 0.632. The number of aryl methyl sites for hydroxylation is 1. The predicted molar refractivity (Wildman–Crippen MR) is 118 cm³/mol. The molecule has 1 fully saturated rings. The van der Waals surface area contributed by atoms with Gasteiger partial charge in [0.25, 0.3) is 5.56 Å². The molecule has 0 N–H and O–H groups in total. The minimum Gasteiger partial charge on any atom is -0.341 e. The van der Waals surface area contributed by atoms with E-state index in [0.717, 1.165) is 44.3 Å². The number of hydrogen-bond donors (Lipinski definition) is 0. The first-order valence-electron chi connectivity index (χ1n) is 10.6. The summed E-state index contributed by atoms with van der Waals surface area (Å²) >= 11 is 0. The van der Waals surface area contributed by atoms with E-state index in [1.165, 1.54) is 16.3 Å². The molecule has 30 heavy (non-hydrogen) atoms. The largest absolute Gasteiger partial charge is 0.341 e. The fourth-order valence-electron chi connectivity index (χ4n) is 4.04. The molecule has 4 rings (SSSR count). The van der Waals surface area contributed by atoms with Gasteiger partial charge in [-0.3, -0.25) is 9.59 Å². The van der Waals surface area contributed by atoms with E-state index in [9.17, 15) is 9.59 Å². The second-order valence-corrected chi connectivity index (χ2v) is 7.93. The van der Waals surface area contributed by atoms with Crippen LogP contribution in [0, 0.1) is 5.92 Å². The Morgan fingerprint density at radius 2 is 1.57 bits per heavy atom. The number of aromatic nitrogens is 2. The van der Waals surface area contributed by atoms with Crippen molar-refractivity contribution in [2.45, 2.75) is 32.2 Å². The fourth-order valence-corrected chi connectivity index (χ4v) is 4.04. The molecule has 1 aliphatic rings. The molecule has 0 bridgehead atoms. The fraction of sp³-hybridized carbons (Fsp3) is 0.320. The third-order valence-corrected chi connectivity index (χ3v) is 5.87.